The van der Waals surface area contributed by atoms with Crippen molar-refractivity contribution in [3.8, 4) is 5.75 Å². The van der Waals surface area contributed by atoms with Crippen molar-refractivity contribution in [1.29, 1.82) is 0 Å². The van der Waals surface area contributed by atoms with Crippen LogP contribution in [0.25, 0.3) is 0 Å². The van der Waals surface area contributed by atoms with E-state index >= 15 is 0 Å². The Bertz CT molecular complexity index is 1340. The number of ether oxygens (including phenoxy) is 1. The molecule has 0 aliphatic carbocycles. The number of hydrazine groups is 1. The Balaban J connectivity index is 1.42. The lowest BCUT2D eigenvalue weighted by Gasteiger charge is -2.55. The zero-order valence-corrected chi connectivity index (χ0v) is 23.6. The van der Waals surface area contributed by atoms with Crippen LogP contribution in [-0.2, 0) is 29.0 Å². The Hall–Kier alpha value is -4.37. The molecule has 0 saturated carbocycles. The smallest absolute Gasteiger partial charge is 0.334 e. The summed E-state index contributed by atoms with van der Waals surface area (Å²) >= 11 is 0. The minimum Gasteiger partial charge on any atom is -0.497 e. The number of hydrogen-bond donors (Lipinski definition) is 1. The van der Waals surface area contributed by atoms with E-state index < -0.39 is 12.2 Å². The number of amides is 4. The van der Waals surface area contributed by atoms with Gasteiger partial charge in [0.25, 0.3) is 0 Å². The van der Waals surface area contributed by atoms with E-state index in [1.54, 1.807) is 22.0 Å². The highest BCUT2D eigenvalue weighted by atomic mass is 16.5. The van der Waals surface area contributed by atoms with Crippen molar-refractivity contribution >= 4 is 17.8 Å². The lowest BCUT2D eigenvalue weighted by Crippen LogP contribution is -2.76. The number of piperazine rings is 1. The molecule has 2 saturated heterocycles. The number of fused-ring (bicyclic) bond motifs is 1. The molecule has 0 aromatic heterocycles. The van der Waals surface area contributed by atoms with Crippen LogP contribution in [0.3, 0.4) is 0 Å². The van der Waals surface area contributed by atoms with Crippen LogP contribution in [0.15, 0.2) is 84.9 Å². The van der Waals surface area contributed by atoms with Gasteiger partial charge in [0.1, 0.15) is 18.0 Å². The third-order valence-electron chi connectivity index (χ3n) is 7.79. The van der Waals surface area contributed by atoms with E-state index in [4.69, 9.17) is 4.74 Å². The number of likely N-dealkylation sites (N-methyl/N-ethyl adjacent to an activating group) is 1. The van der Waals surface area contributed by atoms with E-state index in [1.165, 1.54) is 0 Å². The number of methoxy groups -OCH3 is 1. The summed E-state index contributed by atoms with van der Waals surface area (Å²) in [5.74, 6) is 0.536. The van der Waals surface area contributed by atoms with Crippen molar-refractivity contribution in [2.45, 2.75) is 38.5 Å². The molecule has 0 unspecified atom stereocenters. The highest BCUT2D eigenvalue weighted by Gasteiger charge is 2.51. The summed E-state index contributed by atoms with van der Waals surface area (Å²) in [7, 11) is 1.63. The molecule has 0 radical (unpaired) electrons. The molecule has 5 rings (SSSR count). The largest absolute Gasteiger partial charge is 0.497 e. The zero-order chi connectivity index (χ0) is 28.8. The zero-order valence-electron chi connectivity index (χ0n) is 23.6. The third-order valence-corrected chi connectivity index (χ3v) is 7.79. The van der Waals surface area contributed by atoms with Crippen LogP contribution >= 0.6 is 0 Å². The summed E-state index contributed by atoms with van der Waals surface area (Å²) in [4.78, 5) is 44.7. The minimum atomic E-state index is -0.706. The van der Waals surface area contributed by atoms with Gasteiger partial charge in [-0.05, 0) is 35.2 Å². The number of hydrogen-bond acceptors (Lipinski definition) is 5. The predicted octanol–water partition coefficient (Wildman–Crippen LogP) is 3.31. The van der Waals surface area contributed by atoms with Crippen LogP contribution in [0.5, 0.6) is 5.75 Å². The average Bonchev–Trinajstić information content (AvgIpc) is 3.01. The van der Waals surface area contributed by atoms with Gasteiger partial charge in [-0.25, -0.2) is 14.8 Å². The van der Waals surface area contributed by atoms with Gasteiger partial charge in [-0.15, -0.1) is 0 Å². The first-order chi connectivity index (χ1) is 20.0. The molecule has 2 atom stereocenters. The molecule has 3 aromatic carbocycles. The summed E-state index contributed by atoms with van der Waals surface area (Å²) in [6, 6.07) is 26.3. The van der Waals surface area contributed by atoms with Crippen molar-refractivity contribution in [3.63, 3.8) is 0 Å². The molecule has 9 nitrogen and oxygen atoms in total. The maximum Gasteiger partial charge on any atom is 0.334 e. The fourth-order valence-electron chi connectivity index (χ4n) is 5.61. The second-order valence-corrected chi connectivity index (χ2v) is 10.3. The lowest BCUT2D eigenvalue weighted by atomic mass is 9.98. The Kier molecular flexibility index (Phi) is 8.84. The molecule has 41 heavy (non-hydrogen) atoms. The summed E-state index contributed by atoms with van der Waals surface area (Å²) in [6.45, 7) is 3.52. The highest BCUT2D eigenvalue weighted by molar-refractivity contribution is 5.91. The molecule has 2 fully saturated rings. The number of carbonyl (C=O) groups is 3. The van der Waals surface area contributed by atoms with Crippen molar-refractivity contribution < 1.29 is 19.1 Å². The van der Waals surface area contributed by atoms with Crippen LogP contribution in [0, 0.1) is 0 Å². The molecule has 4 amide bonds. The van der Waals surface area contributed by atoms with Gasteiger partial charge in [-0.3, -0.25) is 9.59 Å². The average molecular weight is 556 g/mol. The van der Waals surface area contributed by atoms with Crippen molar-refractivity contribution in [2.24, 2.45) is 0 Å². The maximum atomic E-state index is 14.0. The minimum absolute atomic E-state index is 0.0379. The van der Waals surface area contributed by atoms with E-state index in [2.05, 4.69) is 5.32 Å². The quantitative estimate of drug-likeness (QED) is 0.438. The molecule has 0 spiro atoms. The standard InChI is InChI=1S/C32H37N5O4/c1-3-35-23-30(38)36-28(20-25-10-6-4-7-11-25)31(39)34(19-18-24-14-16-27(41-2)17-15-24)22-29(36)37(35)32(40)33-21-26-12-8-5-9-13-26/h4-17,28-29H,3,18-23H2,1-2H3,(H,33,40)/t28-,29-/m0/s1. The van der Waals surface area contributed by atoms with Crippen molar-refractivity contribution in [1.82, 2.24) is 25.1 Å². The van der Waals surface area contributed by atoms with Crippen molar-refractivity contribution in [2.75, 3.05) is 33.3 Å². The van der Waals surface area contributed by atoms with Gasteiger partial charge in [0, 0.05) is 26.1 Å². The second kappa shape index (κ2) is 12.9. The van der Waals surface area contributed by atoms with Crippen molar-refractivity contribution in [3.05, 3.63) is 102 Å². The van der Waals surface area contributed by atoms with E-state index in [0.29, 0.717) is 32.5 Å². The van der Waals surface area contributed by atoms with Crippen LogP contribution in [0.1, 0.15) is 23.6 Å². The number of benzene rings is 3. The molecule has 2 aliphatic rings. The molecular formula is C32H37N5O4. The van der Waals surface area contributed by atoms with E-state index in [1.807, 2.05) is 96.8 Å². The van der Waals surface area contributed by atoms with Crippen LogP contribution in [0.4, 0.5) is 4.79 Å². The molecule has 214 valence electrons. The van der Waals surface area contributed by atoms with Gasteiger partial charge >= 0.3 is 6.03 Å². The fourth-order valence-corrected chi connectivity index (χ4v) is 5.61. The third kappa shape index (κ3) is 6.36. The van der Waals surface area contributed by atoms with Gasteiger partial charge in [0.2, 0.25) is 11.8 Å². The Labute approximate surface area is 241 Å². The van der Waals surface area contributed by atoms with Gasteiger partial charge < -0.3 is 19.9 Å². The molecule has 0 bridgehead atoms. The monoisotopic (exact) mass is 555 g/mol. The van der Waals surface area contributed by atoms with E-state index in [0.717, 1.165) is 22.4 Å². The first kappa shape index (κ1) is 28.2. The fraction of sp³-hybridized carbons (Fsp3) is 0.344. The van der Waals surface area contributed by atoms with Gasteiger partial charge in [0.05, 0.1) is 20.2 Å². The molecule has 2 aliphatic heterocycles. The van der Waals surface area contributed by atoms with E-state index in [-0.39, 0.29) is 30.9 Å². The predicted molar refractivity (Wildman–Crippen MR) is 156 cm³/mol. The maximum absolute atomic E-state index is 14.0. The van der Waals surface area contributed by atoms with Crippen LogP contribution in [0.2, 0.25) is 0 Å². The van der Waals surface area contributed by atoms with Crippen LogP contribution < -0.4 is 10.1 Å². The normalized spacial score (nSPS) is 19.2. The van der Waals surface area contributed by atoms with Gasteiger partial charge in [-0.1, -0.05) is 79.7 Å². The summed E-state index contributed by atoms with van der Waals surface area (Å²) in [5, 5.41) is 6.46. The Morgan fingerprint density at radius 3 is 2.20 bits per heavy atom. The second-order valence-electron chi connectivity index (χ2n) is 10.3. The summed E-state index contributed by atoms with van der Waals surface area (Å²) in [5.41, 5.74) is 3.02. The van der Waals surface area contributed by atoms with E-state index in [9.17, 15) is 14.4 Å². The first-order valence-electron chi connectivity index (χ1n) is 14.1. The highest BCUT2D eigenvalue weighted by Crippen LogP contribution is 2.28. The molecule has 9 heteroatoms. The number of carbonyl (C=O) groups excluding carboxylic acids is 3. The number of nitrogens with one attached hydrogen (secondary N) is 1. The summed E-state index contributed by atoms with van der Waals surface area (Å²) < 4.78 is 5.27. The van der Waals surface area contributed by atoms with Crippen LogP contribution in [-0.4, -0.2) is 83.2 Å². The number of rotatable bonds is 9. The van der Waals surface area contributed by atoms with Gasteiger partial charge in [-0.2, -0.15) is 0 Å². The summed E-state index contributed by atoms with van der Waals surface area (Å²) in [6.07, 6.45) is 0.410. The SMILES string of the molecule is CCN1CC(=O)N2[C@@H](Cc3ccccc3)C(=O)N(CCc3ccc(OC)cc3)C[C@@H]2N1C(=O)NCc1ccccc1. The number of nitrogens with zero attached hydrogens (tertiary/aromatic N) is 4. The molecule has 1 N–H and O–H groups in total. The Morgan fingerprint density at radius 1 is 0.902 bits per heavy atom. The lowest BCUT2D eigenvalue weighted by molar-refractivity contribution is -0.189. The Morgan fingerprint density at radius 2 is 1.56 bits per heavy atom. The molecular weight excluding hydrogens is 518 g/mol. The topological polar surface area (TPSA) is 85.4 Å². The first-order valence-corrected chi connectivity index (χ1v) is 14.1. The molecule has 3 aromatic rings. The number of urea groups is 1. The molecule has 2 heterocycles. The van der Waals surface area contributed by atoms with Gasteiger partial charge in [0.15, 0.2) is 0 Å².